The zero-order chi connectivity index (χ0) is 26.0. The van der Waals surface area contributed by atoms with Gasteiger partial charge in [-0.3, -0.25) is 4.18 Å². The summed E-state index contributed by atoms with van der Waals surface area (Å²) < 4.78 is 50.0. The lowest BCUT2D eigenvalue weighted by atomic mass is 10.2. The van der Waals surface area contributed by atoms with Gasteiger partial charge in [-0.15, -0.1) is 0 Å². The lowest BCUT2D eigenvalue weighted by Gasteiger charge is -2.07. The standard InChI is InChI=1S/C16H26O5S.C11H24O2/c1-3-19-11-5-4-6-12-20-13-14-21-22(17,18)16-9-7-15(2)8-10-16;1-3-5-9-13-11-8-6-7-10-12-4-2/h7-10H,3-6,11-14H2,1-2H3;3-11H2,1-2H3. The van der Waals surface area contributed by atoms with E-state index >= 15 is 0 Å². The van der Waals surface area contributed by atoms with E-state index in [9.17, 15) is 8.42 Å². The van der Waals surface area contributed by atoms with Crippen LogP contribution in [0.15, 0.2) is 29.2 Å². The Balaban J connectivity index is 0.000000761. The van der Waals surface area contributed by atoms with Crippen molar-refractivity contribution in [2.24, 2.45) is 0 Å². The van der Waals surface area contributed by atoms with Crippen molar-refractivity contribution in [1.82, 2.24) is 0 Å². The second-order valence-electron chi connectivity index (χ2n) is 8.18. The van der Waals surface area contributed by atoms with E-state index in [1.807, 2.05) is 20.8 Å². The fourth-order valence-electron chi connectivity index (χ4n) is 2.88. The Hall–Kier alpha value is -1.03. The van der Waals surface area contributed by atoms with E-state index in [1.165, 1.54) is 32.1 Å². The van der Waals surface area contributed by atoms with Crippen LogP contribution in [-0.4, -0.2) is 67.9 Å². The third-order valence-corrected chi connectivity index (χ3v) is 6.31. The SMILES string of the molecule is CCCCOCCCCCOCC.CCOCCCCCOCCOS(=O)(=O)c1ccc(C)cc1. The molecule has 0 fully saturated rings. The molecule has 0 radical (unpaired) electrons. The van der Waals surface area contributed by atoms with Crippen LogP contribution in [0.3, 0.4) is 0 Å². The van der Waals surface area contributed by atoms with Gasteiger partial charge in [-0.05, 0) is 77.8 Å². The minimum absolute atomic E-state index is 0.0369. The molecule has 0 amide bonds. The fraction of sp³-hybridized carbons (Fsp3) is 0.778. The topological polar surface area (TPSA) is 80.3 Å². The molecular formula is C27H50O7S. The molecule has 8 heteroatoms. The molecule has 0 saturated heterocycles. The van der Waals surface area contributed by atoms with Gasteiger partial charge in [-0.2, -0.15) is 8.42 Å². The fourth-order valence-corrected chi connectivity index (χ4v) is 3.78. The Bertz CT molecular complexity index is 653. The molecule has 0 aromatic heterocycles. The normalized spacial score (nSPS) is 11.3. The number of rotatable bonds is 22. The van der Waals surface area contributed by atoms with E-state index in [4.69, 9.17) is 23.1 Å². The van der Waals surface area contributed by atoms with E-state index in [0.29, 0.717) is 6.61 Å². The molecule has 0 aliphatic heterocycles. The van der Waals surface area contributed by atoms with Crippen molar-refractivity contribution >= 4 is 10.1 Å². The number of ether oxygens (including phenoxy) is 4. The Kier molecular flexibility index (Phi) is 23.9. The molecule has 7 nitrogen and oxygen atoms in total. The summed E-state index contributed by atoms with van der Waals surface area (Å²) in [6.07, 6.45) is 9.01. The summed E-state index contributed by atoms with van der Waals surface area (Å²) in [5.74, 6) is 0. The predicted molar refractivity (Wildman–Crippen MR) is 142 cm³/mol. The van der Waals surface area contributed by atoms with Crippen molar-refractivity contribution in [1.29, 1.82) is 0 Å². The van der Waals surface area contributed by atoms with Crippen LogP contribution in [0.1, 0.15) is 77.7 Å². The van der Waals surface area contributed by atoms with Crippen molar-refractivity contribution in [3.05, 3.63) is 29.8 Å². The summed E-state index contributed by atoms with van der Waals surface area (Å²) in [4.78, 5) is 0.175. The Morgan fingerprint density at radius 3 is 1.51 bits per heavy atom. The summed E-state index contributed by atoms with van der Waals surface area (Å²) in [5, 5.41) is 0. The van der Waals surface area contributed by atoms with Crippen molar-refractivity contribution in [2.75, 3.05) is 59.5 Å². The zero-order valence-electron chi connectivity index (χ0n) is 22.6. The van der Waals surface area contributed by atoms with E-state index < -0.39 is 10.1 Å². The first-order chi connectivity index (χ1) is 17.0. The molecule has 1 aromatic carbocycles. The summed E-state index contributed by atoms with van der Waals surface area (Å²) in [6, 6.07) is 6.58. The molecule has 0 bridgehead atoms. The van der Waals surface area contributed by atoms with Crippen molar-refractivity contribution in [2.45, 2.75) is 84.0 Å². The quantitative estimate of drug-likeness (QED) is 0.139. The molecule has 0 spiro atoms. The van der Waals surface area contributed by atoms with Crippen molar-refractivity contribution in [3.8, 4) is 0 Å². The lowest BCUT2D eigenvalue weighted by molar-refractivity contribution is 0.0953. The maximum absolute atomic E-state index is 11.9. The van der Waals surface area contributed by atoms with Crippen LogP contribution >= 0.6 is 0 Å². The molecule has 1 aromatic rings. The van der Waals surface area contributed by atoms with Gasteiger partial charge in [0.25, 0.3) is 10.1 Å². The Morgan fingerprint density at radius 1 is 0.571 bits per heavy atom. The largest absolute Gasteiger partial charge is 0.382 e. The first-order valence-corrected chi connectivity index (χ1v) is 14.7. The second-order valence-corrected chi connectivity index (χ2v) is 9.80. The number of aryl methyl sites for hydroxylation is 1. The monoisotopic (exact) mass is 518 g/mol. The number of benzene rings is 1. The summed E-state index contributed by atoms with van der Waals surface area (Å²) in [7, 11) is -3.68. The number of unbranched alkanes of at least 4 members (excludes halogenated alkanes) is 5. The van der Waals surface area contributed by atoms with Gasteiger partial charge in [0.2, 0.25) is 0 Å². The minimum Gasteiger partial charge on any atom is -0.382 e. The first kappa shape index (κ1) is 34.0. The Labute approximate surface area is 215 Å². The van der Waals surface area contributed by atoms with E-state index in [-0.39, 0.29) is 18.1 Å². The Morgan fingerprint density at radius 2 is 1.03 bits per heavy atom. The average Bonchev–Trinajstić information content (AvgIpc) is 2.85. The smallest absolute Gasteiger partial charge is 0.297 e. The van der Waals surface area contributed by atoms with Gasteiger partial charge in [0.1, 0.15) is 0 Å². The van der Waals surface area contributed by atoms with Gasteiger partial charge >= 0.3 is 0 Å². The molecule has 0 heterocycles. The second kappa shape index (κ2) is 24.7. The highest BCUT2D eigenvalue weighted by Gasteiger charge is 2.14. The van der Waals surface area contributed by atoms with Crippen LogP contribution in [0.25, 0.3) is 0 Å². The highest BCUT2D eigenvalue weighted by Crippen LogP contribution is 2.13. The van der Waals surface area contributed by atoms with Gasteiger partial charge in [0.15, 0.2) is 0 Å². The molecule has 0 aliphatic rings. The summed E-state index contributed by atoms with van der Waals surface area (Å²) in [5.41, 5.74) is 1.01. The molecule has 0 atom stereocenters. The van der Waals surface area contributed by atoms with Gasteiger partial charge in [-0.25, -0.2) is 0 Å². The van der Waals surface area contributed by atoms with E-state index in [1.54, 1.807) is 24.3 Å². The number of hydrogen-bond acceptors (Lipinski definition) is 7. The molecule has 35 heavy (non-hydrogen) atoms. The van der Waals surface area contributed by atoms with Crippen LogP contribution in [0, 0.1) is 6.92 Å². The molecule has 206 valence electrons. The van der Waals surface area contributed by atoms with Crippen LogP contribution in [0.2, 0.25) is 0 Å². The van der Waals surface area contributed by atoms with Crippen molar-refractivity contribution < 1.29 is 31.5 Å². The molecule has 0 unspecified atom stereocenters. The van der Waals surface area contributed by atoms with Crippen LogP contribution in [0.4, 0.5) is 0 Å². The predicted octanol–water partition coefficient (Wildman–Crippen LogP) is 5.93. The first-order valence-electron chi connectivity index (χ1n) is 13.2. The van der Waals surface area contributed by atoms with Crippen LogP contribution < -0.4 is 0 Å². The summed E-state index contributed by atoms with van der Waals surface area (Å²) in [6.45, 7) is 14.2. The highest BCUT2D eigenvalue weighted by molar-refractivity contribution is 7.86. The van der Waals surface area contributed by atoms with E-state index in [0.717, 1.165) is 64.5 Å². The van der Waals surface area contributed by atoms with Gasteiger partial charge in [-0.1, -0.05) is 31.0 Å². The lowest BCUT2D eigenvalue weighted by Crippen LogP contribution is -2.12. The minimum atomic E-state index is -3.68. The van der Waals surface area contributed by atoms with Gasteiger partial charge in [0.05, 0.1) is 18.1 Å². The van der Waals surface area contributed by atoms with Gasteiger partial charge < -0.3 is 18.9 Å². The third kappa shape index (κ3) is 21.9. The zero-order valence-corrected chi connectivity index (χ0v) is 23.4. The molecule has 0 saturated carbocycles. The third-order valence-electron chi connectivity index (χ3n) is 4.98. The van der Waals surface area contributed by atoms with E-state index in [2.05, 4.69) is 6.92 Å². The van der Waals surface area contributed by atoms with Crippen molar-refractivity contribution in [3.63, 3.8) is 0 Å². The highest BCUT2D eigenvalue weighted by atomic mass is 32.2. The maximum Gasteiger partial charge on any atom is 0.297 e. The molecule has 1 rings (SSSR count). The average molecular weight is 519 g/mol. The van der Waals surface area contributed by atoms with Crippen LogP contribution in [0.5, 0.6) is 0 Å². The summed E-state index contributed by atoms with van der Waals surface area (Å²) >= 11 is 0. The molecule has 0 N–H and O–H groups in total. The van der Waals surface area contributed by atoms with Crippen LogP contribution in [-0.2, 0) is 33.2 Å². The maximum atomic E-state index is 11.9. The molecular weight excluding hydrogens is 468 g/mol. The van der Waals surface area contributed by atoms with Gasteiger partial charge in [0, 0.05) is 46.2 Å². The number of hydrogen-bond donors (Lipinski definition) is 0. The molecule has 0 aliphatic carbocycles.